The fourth-order valence-electron chi connectivity index (χ4n) is 10.4. The molecule has 0 bridgehead atoms. The summed E-state index contributed by atoms with van der Waals surface area (Å²) in [6.45, 7) is 15.8. The van der Waals surface area contributed by atoms with Gasteiger partial charge in [-0.3, -0.25) is 4.79 Å². The number of likely N-dealkylation sites (tertiary alicyclic amines) is 1. The minimum absolute atomic E-state index is 0.0337. The molecule has 0 aromatic heterocycles. The number of nitrogens with zero attached hydrogens (tertiary/aromatic N) is 1. The summed E-state index contributed by atoms with van der Waals surface area (Å²) in [5.41, 5.74) is 2.53. The zero-order valence-corrected chi connectivity index (χ0v) is 25.6. The van der Waals surface area contributed by atoms with Crippen molar-refractivity contribution in [3.8, 4) is 0 Å². The largest absolute Gasteiger partial charge is 0.462 e. The molecule has 0 N–H and O–H groups in total. The van der Waals surface area contributed by atoms with E-state index in [4.69, 9.17) is 4.74 Å². The molecule has 0 spiro atoms. The van der Waals surface area contributed by atoms with Gasteiger partial charge in [0, 0.05) is 13.0 Å². The van der Waals surface area contributed by atoms with E-state index in [1.165, 1.54) is 77.0 Å². The molecule has 1 aliphatic heterocycles. The molecule has 216 valence electrons. The van der Waals surface area contributed by atoms with Gasteiger partial charge in [-0.05, 0) is 117 Å². The minimum Gasteiger partial charge on any atom is -0.462 e. The van der Waals surface area contributed by atoms with Crippen molar-refractivity contribution in [1.82, 2.24) is 4.90 Å². The van der Waals surface area contributed by atoms with Gasteiger partial charge in [-0.15, -0.1) is 0 Å². The van der Waals surface area contributed by atoms with E-state index in [2.05, 4.69) is 45.6 Å². The Morgan fingerprint density at radius 3 is 2.55 bits per heavy atom. The van der Waals surface area contributed by atoms with Crippen LogP contribution >= 0.6 is 0 Å². The third kappa shape index (κ3) is 5.80. The van der Waals surface area contributed by atoms with Gasteiger partial charge in [0.25, 0.3) is 0 Å². The van der Waals surface area contributed by atoms with Crippen molar-refractivity contribution in [2.24, 2.45) is 46.3 Å². The molecule has 4 fully saturated rings. The smallest absolute Gasteiger partial charge is 0.307 e. The number of carbonyl (C=O) groups excluding carboxylic acids is 1. The lowest BCUT2D eigenvalue weighted by Gasteiger charge is -2.58. The van der Waals surface area contributed by atoms with Crippen molar-refractivity contribution in [3.63, 3.8) is 0 Å². The molecule has 8 atom stereocenters. The van der Waals surface area contributed by atoms with Crippen LogP contribution in [0.1, 0.15) is 131 Å². The number of piperidine rings is 1. The Morgan fingerprint density at radius 1 is 1.00 bits per heavy atom. The lowest BCUT2D eigenvalue weighted by atomic mass is 9.47. The number of hydrogen-bond donors (Lipinski definition) is 0. The van der Waals surface area contributed by atoms with Crippen LogP contribution in [0, 0.1) is 46.3 Å². The van der Waals surface area contributed by atoms with Gasteiger partial charge in [-0.2, -0.15) is 0 Å². The predicted octanol–water partition coefficient (Wildman–Crippen LogP) is 8.82. The zero-order chi connectivity index (χ0) is 26.9. The molecule has 4 aliphatic carbocycles. The van der Waals surface area contributed by atoms with Gasteiger partial charge in [0.2, 0.25) is 0 Å². The first kappa shape index (κ1) is 28.7. The standard InChI is InChI=1S/C35H59NO2/c1-25(2)10-9-11-26(3)30-14-15-31-29-13-12-27-24-28(38-33(37)18-23-36-21-7-6-8-22-36)16-19-34(27,4)32(29)17-20-35(30,31)5/h12,25-26,28-32H,6-11,13-24H2,1-5H3/t26-,28+,29-,30+,31-,32-,34+,35-/m1/s1. The molecule has 1 saturated heterocycles. The molecule has 3 nitrogen and oxygen atoms in total. The van der Waals surface area contributed by atoms with Crippen LogP contribution in [-0.2, 0) is 9.53 Å². The van der Waals surface area contributed by atoms with E-state index in [1.54, 1.807) is 5.57 Å². The summed E-state index contributed by atoms with van der Waals surface area (Å²) in [6.07, 6.45) is 21.8. The number of fused-ring (bicyclic) bond motifs is 5. The third-order valence-corrected chi connectivity index (χ3v) is 12.6. The van der Waals surface area contributed by atoms with E-state index in [0.717, 1.165) is 68.0 Å². The van der Waals surface area contributed by atoms with Crippen molar-refractivity contribution in [2.45, 2.75) is 137 Å². The van der Waals surface area contributed by atoms with Crippen LogP contribution in [0.25, 0.3) is 0 Å². The molecule has 0 unspecified atom stereocenters. The molecule has 5 aliphatic rings. The highest BCUT2D eigenvalue weighted by Crippen LogP contribution is 2.67. The van der Waals surface area contributed by atoms with E-state index < -0.39 is 0 Å². The second-order valence-electron chi connectivity index (χ2n) is 15.3. The average Bonchev–Trinajstić information content (AvgIpc) is 3.25. The Hall–Kier alpha value is -0.830. The van der Waals surface area contributed by atoms with Crippen LogP contribution in [0.5, 0.6) is 0 Å². The average molecular weight is 526 g/mol. The third-order valence-electron chi connectivity index (χ3n) is 12.6. The highest BCUT2D eigenvalue weighted by Gasteiger charge is 2.59. The number of esters is 1. The van der Waals surface area contributed by atoms with Crippen LogP contribution in [0.2, 0.25) is 0 Å². The molecule has 38 heavy (non-hydrogen) atoms. The van der Waals surface area contributed by atoms with Crippen LogP contribution < -0.4 is 0 Å². The number of allylic oxidation sites excluding steroid dienone is 1. The van der Waals surface area contributed by atoms with Crippen molar-refractivity contribution >= 4 is 5.97 Å². The van der Waals surface area contributed by atoms with Gasteiger partial charge < -0.3 is 9.64 Å². The maximum Gasteiger partial charge on any atom is 0.307 e. The number of hydrogen-bond acceptors (Lipinski definition) is 3. The molecule has 0 aromatic rings. The Kier molecular flexibility index (Phi) is 9.03. The van der Waals surface area contributed by atoms with Crippen LogP contribution in [0.3, 0.4) is 0 Å². The van der Waals surface area contributed by atoms with Crippen LogP contribution in [0.4, 0.5) is 0 Å². The predicted molar refractivity (Wildman–Crippen MR) is 158 cm³/mol. The van der Waals surface area contributed by atoms with Gasteiger partial charge in [-0.25, -0.2) is 0 Å². The van der Waals surface area contributed by atoms with Crippen molar-refractivity contribution in [3.05, 3.63) is 11.6 Å². The highest BCUT2D eigenvalue weighted by atomic mass is 16.5. The number of carbonyl (C=O) groups is 1. The Balaban J connectivity index is 1.17. The van der Waals surface area contributed by atoms with Gasteiger partial charge in [-0.1, -0.05) is 72.0 Å². The van der Waals surface area contributed by atoms with Crippen LogP contribution in [-0.4, -0.2) is 36.6 Å². The molecule has 0 aromatic carbocycles. The normalized spacial score (nSPS) is 40.2. The van der Waals surface area contributed by atoms with Gasteiger partial charge >= 0.3 is 5.97 Å². The number of rotatable bonds is 9. The molecule has 1 heterocycles. The topological polar surface area (TPSA) is 29.5 Å². The van der Waals surface area contributed by atoms with E-state index in [1.807, 2.05) is 0 Å². The fourth-order valence-corrected chi connectivity index (χ4v) is 10.4. The fraction of sp³-hybridized carbons (Fsp3) is 0.914. The van der Waals surface area contributed by atoms with E-state index >= 15 is 0 Å². The highest BCUT2D eigenvalue weighted by molar-refractivity contribution is 5.69. The molecule has 3 heteroatoms. The summed E-state index contributed by atoms with van der Waals surface area (Å²) in [5, 5.41) is 0. The van der Waals surface area contributed by atoms with Crippen molar-refractivity contribution in [1.29, 1.82) is 0 Å². The van der Waals surface area contributed by atoms with Gasteiger partial charge in [0.15, 0.2) is 0 Å². The summed E-state index contributed by atoms with van der Waals surface area (Å²) < 4.78 is 6.08. The first-order chi connectivity index (χ1) is 18.2. The summed E-state index contributed by atoms with van der Waals surface area (Å²) >= 11 is 0. The quantitative estimate of drug-likeness (QED) is 0.222. The molecular formula is C35H59NO2. The Morgan fingerprint density at radius 2 is 1.79 bits per heavy atom. The molecule has 5 rings (SSSR count). The SMILES string of the molecule is CC(C)CCC[C@@H](C)[C@@H]1CC[C@@H]2[C@H]3CC=C4C[C@@H](OC(=O)CCN5CCCCC5)CC[C@]4(C)[C@@H]3CC[C@@]21C. The molecule has 3 saturated carbocycles. The van der Waals surface area contributed by atoms with E-state index in [0.29, 0.717) is 17.3 Å². The maximum absolute atomic E-state index is 12.7. The van der Waals surface area contributed by atoms with Crippen molar-refractivity contribution < 1.29 is 9.53 Å². The summed E-state index contributed by atoms with van der Waals surface area (Å²) in [5.74, 6) is 5.31. The first-order valence-corrected chi connectivity index (χ1v) is 16.8. The zero-order valence-electron chi connectivity index (χ0n) is 25.6. The lowest BCUT2D eigenvalue weighted by Crippen LogP contribution is -2.51. The summed E-state index contributed by atoms with van der Waals surface area (Å²) in [6, 6.07) is 0. The number of ether oxygens (including phenoxy) is 1. The Bertz CT molecular complexity index is 843. The molecule has 0 radical (unpaired) electrons. The lowest BCUT2D eigenvalue weighted by molar-refractivity contribution is -0.152. The van der Waals surface area contributed by atoms with Gasteiger partial charge in [0.1, 0.15) is 6.10 Å². The second kappa shape index (κ2) is 12.0. The summed E-state index contributed by atoms with van der Waals surface area (Å²) in [4.78, 5) is 15.1. The monoisotopic (exact) mass is 525 g/mol. The maximum atomic E-state index is 12.7. The summed E-state index contributed by atoms with van der Waals surface area (Å²) in [7, 11) is 0. The van der Waals surface area contributed by atoms with E-state index in [-0.39, 0.29) is 12.1 Å². The van der Waals surface area contributed by atoms with E-state index in [9.17, 15) is 4.79 Å². The minimum atomic E-state index is 0.0337. The first-order valence-electron chi connectivity index (χ1n) is 16.8. The van der Waals surface area contributed by atoms with Crippen LogP contribution in [0.15, 0.2) is 11.6 Å². The molecular weight excluding hydrogens is 466 g/mol. The van der Waals surface area contributed by atoms with Gasteiger partial charge in [0.05, 0.1) is 6.42 Å². The molecule has 0 amide bonds. The van der Waals surface area contributed by atoms with Crippen molar-refractivity contribution in [2.75, 3.05) is 19.6 Å². The second-order valence-corrected chi connectivity index (χ2v) is 15.3. The Labute approximate surface area is 234 Å².